The SMILES string of the molecule is CC(C)(C)c1cc(NC(=O)C2CCN(c3ccc4nnc(C(F)(F)F)n4n3)CC2)n[nH]1. The van der Waals surface area contributed by atoms with Gasteiger partial charge in [0.1, 0.15) is 5.82 Å². The fourth-order valence-electron chi connectivity index (χ4n) is 3.49. The molecule has 0 unspecified atom stereocenters. The monoisotopic (exact) mass is 436 g/mol. The van der Waals surface area contributed by atoms with Crippen molar-refractivity contribution in [1.82, 2.24) is 30.0 Å². The Morgan fingerprint density at radius 3 is 2.48 bits per heavy atom. The van der Waals surface area contributed by atoms with Crippen LogP contribution in [-0.4, -0.2) is 49.0 Å². The zero-order chi connectivity index (χ0) is 22.4. The molecule has 9 nitrogen and oxygen atoms in total. The maximum absolute atomic E-state index is 13.1. The lowest BCUT2D eigenvalue weighted by Gasteiger charge is -2.31. The molecule has 1 aliphatic rings. The minimum absolute atomic E-state index is 0.0268. The molecule has 0 bridgehead atoms. The molecule has 1 amide bonds. The van der Waals surface area contributed by atoms with Gasteiger partial charge in [-0.1, -0.05) is 20.8 Å². The van der Waals surface area contributed by atoms with Crippen molar-refractivity contribution in [3.8, 4) is 0 Å². The summed E-state index contributed by atoms with van der Waals surface area (Å²) in [6, 6.07) is 4.89. The van der Waals surface area contributed by atoms with E-state index >= 15 is 0 Å². The predicted molar refractivity (Wildman–Crippen MR) is 107 cm³/mol. The second-order valence-electron chi connectivity index (χ2n) is 8.65. The number of alkyl halides is 3. The van der Waals surface area contributed by atoms with Crippen LogP contribution >= 0.6 is 0 Å². The molecule has 0 spiro atoms. The van der Waals surface area contributed by atoms with E-state index < -0.39 is 12.0 Å². The van der Waals surface area contributed by atoms with Crippen molar-refractivity contribution in [2.45, 2.75) is 45.2 Å². The molecule has 166 valence electrons. The summed E-state index contributed by atoms with van der Waals surface area (Å²) in [6.07, 6.45) is -3.54. The normalized spacial score (nSPS) is 16.1. The number of halogens is 3. The number of hydrogen-bond donors (Lipinski definition) is 2. The van der Waals surface area contributed by atoms with Crippen molar-refractivity contribution in [2.24, 2.45) is 5.92 Å². The first-order valence-corrected chi connectivity index (χ1v) is 9.94. The number of carbonyl (C=O) groups excluding carboxylic acids is 1. The molecule has 0 aromatic carbocycles. The number of anilines is 2. The van der Waals surface area contributed by atoms with Crippen molar-refractivity contribution in [1.29, 1.82) is 0 Å². The number of nitrogens with zero attached hydrogens (tertiary/aromatic N) is 6. The number of hydrogen-bond acceptors (Lipinski definition) is 6. The number of rotatable bonds is 3. The fraction of sp³-hybridized carbons (Fsp3) is 0.526. The van der Waals surface area contributed by atoms with Gasteiger partial charge in [0.25, 0.3) is 5.82 Å². The Kier molecular flexibility index (Phi) is 5.10. The Bertz CT molecular complexity index is 1090. The molecule has 3 aromatic rings. The Morgan fingerprint density at radius 1 is 1.16 bits per heavy atom. The zero-order valence-corrected chi connectivity index (χ0v) is 17.4. The molecule has 1 aliphatic heterocycles. The number of nitrogens with one attached hydrogen (secondary N) is 2. The van der Waals surface area contributed by atoms with Crippen LogP contribution in [0.15, 0.2) is 18.2 Å². The van der Waals surface area contributed by atoms with Gasteiger partial charge in [0.2, 0.25) is 5.91 Å². The third kappa shape index (κ3) is 4.32. The number of fused-ring (bicyclic) bond motifs is 1. The van der Waals surface area contributed by atoms with Crippen LogP contribution in [0.25, 0.3) is 5.65 Å². The third-order valence-electron chi connectivity index (χ3n) is 5.33. The fourth-order valence-corrected chi connectivity index (χ4v) is 3.49. The molecule has 1 saturated heterocycles. The molecular formula is C19H23F3N8O. The molecule has 0 radical (unpaired) electrons. The summed E-state index contributed by atoms with van der Waals surface area (Å²) in [4.78, 5) is 14.5. The molecule has 2 N–H and O–H groups in total. The maximum Gasteiger partial charge on any atom is 0.453 e. The van der Waals surface area contributed by atoms with E-state index in [4.69, 9.17) is 0 Å². The van der Waals surface area contributed by atoms with Crippen LogP contribution in [0.2, 0.25) is 0 Å². The van der Waals surface area contributed by atoms with Gasteiger partial charge in [-0.05, 0) is 25.0 Å². The molecule has 12 heteroatoms. The number of carbonyl (C=O) groups is 1. The topological polar surface area (TPSA) is 104 Å². The highest BCUT2D eigenvalue weighted by molar-refractivity contribution is 5.91. The van der Waals surface area contributed by atoms with E-state index in [0.29, 0.717) is 42.1 Å². The van der Waals surface area contributed by atoms with Crippen LogP contribution in [0.1, 0.15) is 45.1 Å². The predicted octanol–water partition coefficient (Wildman–Crippen LogP) is 3.02. The molecule has 1 fully saturated rings. The second-order valence-corrected chi connectivity index (χ2v) is 8.65. The number of aromatic nitrogens is 6. The Hall–Kier alpha value is -3.18. The van der Waals surface area contributed by atoms with E-state index in [0.717, 1.165) is 5.69 Å². The molecule has 4 heterocycles. The first-order valence-electron chi connectivity index (χ1n) is 9.94. The van der Waals surface area contributed by atoms with E-state index in [2.05, 4.69) is 30.8 Å². The van der Waals surface area contributed by atoms with Crippen molar-refractivity contribution < 1.29 is 18.0 Å². The summed E-state index contributed by atoms with van der Waals surface area (Å²) in [6.45, 7) is 7.13. The molecule has 4 rings (SSSR count). The summed E-state index contributed by atoms with van der Waals surface area (Å²) in [5.41, 5.74) is 0.844. The smallest absolute Gasteiger partial charge is 0.355 e. The number of aromatic amines is 1. The summed E-state index contributed by atoms with van der Waals surface area (Å²) in [5.74, 6) is -0.619. The summed E-state index contributed by atoms with van der Waals surface area (Å²) in [5, 5.41) is 20.7. The summed E-state index contributed by atoms with van der Waals surface area (Å²) >= 11 is 0. The maximum atomic E-state index is 13.1. The van der Waals surface area contributed by atoms with E-state index in [1.807, 2.05) is 31.7 Å². The van der Waals surface area contributed by atoms with Gasteiger partial charge in [0.05, 0.1) is 0 Å². The molecule has 0 saturated carbocycles. The van der Waals surface area contributed by atoms with E-state index in [1.54, 1.807) is 6.07 Å². The quantitative estimate of drug-likeness (QED) is 0.654. The van der Waals surface area contributed by atoms with Gasteiger partial charge in [-0.25, -0.2) is 0 Å². The number of H-pyrrole nitrogens is 1. The van der Waals surface area contributed by atoms with E-state index in [1.165, 1.54) is 6.07 Å². The van der Waals surface area contributed by atoms with Crippen LogP contribution in [0.4, 0.5) is 24.8 Å². The average molecular weight is 436 g/mol. The van der Waals surface area contributed by atoms with Crippen LogP contribution in [-0.2, 0) is 16.4 Å². The van der Waals surface area contributed by atoms with E-state index in [9.17, 15) is 18.0 Å². The Morgan fingerprint density at radius 2 is 1.87 bits per heavy atom. The highest BCUT2D eigenvalue weighted by atomic mass is 19.4. The lowest BCUT2D eigenvalue weighted by atomic mass is 9.92. The molecule has 0 aliphatic carbocycles. The molecule has 3 aromatic heterocycles. The van der Waals surface area contributed by atoms with Gasteiger partial charge in [-0.3, -0.25) is 9.89 Å². The van der Waals surface area contributed by atoms with Gasteiger partial charge < -0.3 is 10.2 Å². The molecule has 31 heavy (non-hydrogen) atoms. The summed E-state index contributed by atoms with van der Waals surface area (Å²) < 4.78 is 40.0. The average Bonchev–Trinajstić information content (AvgIpc) is 3.34. The highest BCUT2D eigenvalue weighted by Gasteiger charge is 2.38. The van der Waals surface area contributed by atoms with Crippen LogP contribution in [0, 0.1) is 5.92 Å². The summed E-state index contributed by atoms with van der Waals surface area (Å²) in [7, 11) is 0. The highest BCUT2D eigenvalue weighted by Crippen LogP contribution is 2.29. The number of amides is 1. The third-order valence-corrected chi connectivity index (χ3v) is 5.33. The standard InChI is InChI=1S/C19H23F3N8O/c1-18(2,3)12-10-13(25-24-12)23-16(31)11-6-8-29(9-7-11)15-5-4-14-26-27-17(19(20,21)22)30(14)28-15/h4-5,10-11H,6-9H2,1-3H3,(H2,23,24,25,31). The minimum atomic E-state index is -4.64. The first kappa shape index (κ1) is 21.1. The lowest BCUT2D eigenvalue weighted by molar-refractivity contribution is -0.146. The van der Waals surface area contributed by atoms with E-state index in [-0.39, 0.29) is 22.9 Å². The van der Waals surface area contributed by atoms with Gasteiger partial charge in [-0.2, -0.15) is 22.8 Å². The lowest BCUT2D eigenvalue weighted by Crippen LogP contribution is -2.38. The Balaban J connectivity index is 1.40. The van der Waals surface area contributed by atoms with Crippen molar-refractivity contribution in [2.75, 3.05) is 23.3 Å². The van der Waals surface area contributed by atoms with Gasteiger partial charge in [0, 0.05) is 36.2 Å². The number of piperidine rings is 1. The van der Waals surface area contributed by atoms with Gasteiger partial charge >= 0.3 is 6.18 Å². The van der Waals surface area contributed by atoms with Gasteiger partial charge in [-0.15, -0.1) is 15.3 Å². The van der Waals surface area contributed by atoms with Gasteiger partial charge in [0.15, 0.2) is 11.5 Å². The van der Waals surface area contributed by atoms with Crippen LogP contribution in [0.5, 0.6) is 0 Å². The second kappa shape index (κ2) is 7.50. The first-order chi connectivity index (χ1) is 14.5. The van der Waals surface area contributed by atoms with Crippen LogP contribution in [0.3, 0.4) is 0 Å². The minimum Gasteiger partial charge on any atom is -0.355 e. The Labute approximate surface area is 176 Å². The van der Waals surface area contributed by atoms with Crippen molar-refractivity contribution in [3.63, 3.8) is 0 Å². The van der Waals surface area contributed by atoms with Crippen molar-refractivity contribution in [3.05, 3.63) is 29.7 Å². The largest absolute Gasteiger partial charge is 0.453 e. The molecular weight excluding hydrogens is 413 g/mol. The molecule has 0 atom stereocenters. The van der Waals surface area contributed by atoms with Crippen molar-refractivity contribution >= 4 is 23.2 Å². The van der Waals surface area contributed by atoms with Crippen LogP contribution < -0.4 is 10.2 Å². The zero-order valence-electron chi connectivity index (χ0n) is 17.4.